The van der Waals surface area contributed by atoms with Crippen molar-refractivity contribution in [3.05, 3.63) is 79.1 Å². The number of fused-ring (bicyclic) bond motifs is 1. The quantitative estimate of drug-likeness (QED) is 0.360. The monoisotopic (exact) mass is 454 g/mol. The summed E-state index contributed by atoms with van der Waals surface area (Å²) in [7, 11) is 0. The van der Waals surface area contributed by atoms with Crippen LogP contribution < -0.4 is 10.6 Å². The molecule has 4 aromatic rings. The molecule has 2 aromatic heterocycles. The summed E-state index contributed by atoms with van der Waals surface area (Å²) in [6.45, 7) is 7.97. The van der Waals surface area contributed by atoms with Gasteiger partial charge in [-0.3, -0.25) is 9.69 Å². The SMILES string of the molecule is C=CC(=O)Nc1cccc(Nc2ncnc3[nH]c(-c4ccc(CN5CCOCC5)cc4)cc23)c1. The van der Waals surface area contributed by atoms with Crippen LogP contribution >= 0.6 is 0 Å². The molecule has 34 heavy (non-hydrogen) atoms. The Morgan fingerprint density at radius 3 is 2.68 bits per heavy atom. The van der Waals surface area contributed by atoms with E-state index in [9.17, 15) is 4.79 Å². The maximum Gasteiger partial charge on any atom is 0.247 e. The zero-order chi connectivity index (χ0) is 23.3. The number of nitrogens with one attached hydrogen (secondary N) is 3. The summed E-state index contributed by atoms with van der Waals surface area (Å²) in [5.41, 5.74) is 5.57. The van der Waals surface area contributed by atoms with Gasteiger partial charge in [-0.05, 0) is 41.5 Å². The predicted molar refractivity (Wildman–Crippen MR) is 134 cm³/mol. The topological polar surface area (TPSA) is 95.2 Å². The number of carbonyl (C=O) groups is 1. The summed E-state index contributed by atoms with van der Waals surface area (Å²) >= 11 is 0. The molecule has 0 bridgehead atoms. The van der Waals surface area contributed by atoms with E-state index in [0.717, 1.165) is 60.8 Å². The first kappa shape index (κ1) is 21.8. The number of carbonyl (C=O) groups excluding carboxylic acids is 1. The zero-order valence-corrected chi connectivity index (χ0v) is 18.8. The molecular formula is C26H26N6O2. The summed E-state index contributed by atoms with van der Waals surface area (Å²) in [6, 6.07) is 18.1. The van der Waals surface area contributed by atoms with E-state index in [4.69, 9.17) is 4.74 Å². The maximum atomic E-state index is 11.6. The molecule has 0 atom stereocenters. The molecule has 0 unspecified atom stereocenters. The largest absolute Gasteiger partial charge is 0.379 e. The average molecular weight is 455 g/mol. The highest BCUT2D eigenvalue weighted by molar-refractivity contribution is 5.99. The number of rotatable bonds is 7. The molecule has 1 aliphatic rings. The van der Waals surface area contributed by atoms with Crippen LogP contribution in [0.2, 0.25) is 0 Å². The fraction of sp³-hybridized carbons (Fsp3) is 0.192. The van der Waals surface area contributed by atoms with Crippen molar-refractivity contribution in [3.63, 3.8) is 0 Å². The van der Waals surface area contributed by atoms with Gasteiger partial charge < -0.3 is 20.4 Å². The number of amides is 1. The normalized spacial score (nSPS) is 14.1. The molecule has 172 valence electrons. The van der Waals surface area contributed by atoms with Crippen molar-refractivity contribution in [2.45, 2.75) is 6.54 Å². The Hall–Kier alpha value is -4.01. The number of hydrogen-bond donors (Lipinski definition) is 3. The summed E-state index contributed by atoms with van der Waals surface area (Å²) < 4.78 is 5.43. The number of anilines is 3. The van der Waals surface area contributed by atoms with Crippen LogP contribution in [0, 0.1) is 0 Å². The van der Waals surface area contributed by atoms with Gasteiger partial charge in [0.05, 0.1) is 18.6 Å². The van der Waals surface area contributed by atoms with E-state index in [-0.39, 0.29) is 5.91 Å². The second kappa shape index (κ2) is 9.86. The van der Waals surface area contributed by atoms with Crippen LogP contribution in [-0.2, 0) is 16.1 Å². The lowest BCUT2D eigenvalue weighted by atomic mass is 10.1. The summed E-state index contributed by atoms with van der Waals surface area (Å²) in [6.07, 6.45) is 2.77. The lowest BCUT2D eigenvalue weighted by Gasteiger charge is -2.26. The number of aromatic amines is 1. The van der Waals surface area contributed by atoms with Crippen molar-refractivity contribution < 1.29 is 9.53 Å². The molecule has 1 saturated heterocycles. The highest BCUT2D eigenvalue weighted by atomic mass is 16.5. The van der Waals surface area contributed by atoms with Gasteiger partial charge in [-0.1, -0.05) is 36.9 Å². The van der Waals surface area contributed by atoms with Gasteiger partial charge in [-0.25, -0.2) is 9.97 Å². The minimum Gasteiger partial charge on any atom is -0.379 e. The van der Waals surface area contributed by atoms with Gasteiger partial charge in [0.15, 0.2) is 0 Å². The lowest BCUT2D eigenvalue weighted by molar-refractivity contribution is -0.111. The van der Waals surface area contributed by atoms with E-state index in [1.807, 2.05) is 24.3 Å². The van der Waals surface area contributed by atoms with Crippen LogP contribution in [0.3, 0.4) is 0 Å². The van der Waals surface area contributed by atoms with E-state index in [1.165, 1.54) is 18.0 Å². The van der Waals surface area contributed by atoms with Gasteiger partial charge in [0.1, 0.15) is 17.8 Å². The van der Waals surface area contributed by atoms with Crippen molar-refractivity contribution in [3.8, 4) is 11.3 Å². The summed E-state index contributed by atoms with van der Waals surface area (Å²) in [4.78, 5) is 26.2. The van der Waals surface area contributed by atoms with Crippen LogP contribution in [0.25, 0.3) is 22.3 Å². The first-order valence-electron chi connectivity index (χ1n) is 11.2. The van der Waals surface area contributed by atoms with E-state index in [0.29, 0.717) is 11.5 Å². The molecule has 2 aromatic carbocycles. The minimum atomic E-state index is -0.257. The maximum absolute atomic E-state index is 11.6. The average Bonchev–Trinajstić information content (AvgIpc) is 3.31. The molecule has 0 spiro atoms. The second-order valence-corrected chi connectivity index (χ2v) is 8.15. The molecular weight excluding hydrogens is 428 g/mol. The fourth-order valence-electron chi connectivity index (χ4n) is 4.01. The van der Waals surface area contributed by atoms with Crippen molar-refractivity contribution >= 4 is 34.1 Å². The molecule has 5 rings (SSSR count). The Bertz CT molecular complexity index is 1310. The fourth-order valence-corrected chi connectivity index (χ4v) is 4.01. The summed E-state index contributed by atoms with van der Waals surface area (Å²) in [5.74, 6) is 0.427. The van der Waals surface area contributed by atoms with Crippen LogP contribution in [0.4, 0.5) is 17.2 Å². The Morgan fingerprint density at radius 1 is 1.09 bits per heavy atom. The van der Waals surface area contributed by atoms with E-state index in [1.54, 1.807) is 0 Å². The van der Waals surface area contributed by atoms with Crippen molar-refractivity contribution in [1.29, 1.82) is 0 Å². The molecule has 8 heteroatoms. The third kappa shape index (κ3) is 4.98. The van der Waals surface area contributed by atoms with Gasteiger partial charge in [0.2, 0.25) is 5.91 Å². The van der Waals surface area contributed by atoms with Crippen LogP contribution in [0.1, 0.15) is 5.56 Å². The van der Waals surface area contributed by atoms with Crippen LogP contribution in [-0.4, -0.2) is 52.1 Å². The number of hydrogen-bond acceptors (Lipinski definition) is 6. The van der Waals surface area contributed by atoms with Gasteiger partial charge in [-0.2, -0.15) is 0 Å². The van der Waals surface area contributed by atoms with Crippen LogP contribution in [0.15, 0.2) is 73.6 Å². The standard InChI is InChI=1S/C26H26N6O2/c1-2-24(33)29-20-4-3-5-21(14-20)30-25-22-15-23(31-26(22)28-17-27-25)19-8-6-18(7-9-19)16-32-10-12-34-13-11-32/h2-9,14-15,17H,1,10-13,16H2,(H,29,33)(H2,27,28,30,31). The number of ether oxygens (including phenoxy) is 1. The predicted octanol–water partition coefficient (Wildman–Crippen LogP) is 4.33. The second-order valence-electron chi connectivity index (χ2n) is 8.15. The lowest BCUT2D eigenvalue weighted by Crippen LogP contribution is -2.35. The summed E-state index contributed by atoms with van der Waals surface area (Å²) in [5, 5.41) is 6.98. The smallest absolute Gasteiger partial charge is 0.247 e. The number of H-pyrrole nitrogens is 1. The molecule has 0 aliphatic carbocycles. The van der Waals surface area contributed by atoms with Gasteiger partial charge in [0, 0.05) is 36.7 Å². The van der Waals surface area contributed by atoms with Crippen molar-refractivity contribution in [1.82, 2.24) is 19.9 Å². The minimum absolute atomic E-state index is 0.257. The molecule has 1 aliphatic heterocycles. The number of benzene rings is 2. The highest BCUT2D eigenvalue weighted by Gasteiger charge is 2.12. The number of nitrogens with zero attached hydrogens (tertiary/aromatic N) is 3. The molecule has 1 amide bonds. The Balaban J connectivity index is 1.35. The highest BCUT2D eigenvalue weighted by Crippen LogP contribution is 2.29. The first-order chi connectivity index (χ1) is 16.7. The Morgan fingerprint density at radius 2 is 1.88 bits per heavy atom. The third-order valence-corrected chi connectivity index (χ3v) is 5.78. The molecule has 8 nitrogen and oxygen atoms in total. The molecule has 3 heterocycles. The van der Waals surface area contributed by atoms with E-state index < -0.39 is 0 Å². The van der Waals surface area contributed by atoms with Crippen molar-refractivity contribution in [2.24, 2.45) is 0 Å². The Kier molecular flexibility index (Phi) is 6.33. The third-order valence-electron chi connectivity index (χ3n) is 5.78. The van der Waals surface area contributed by atoms with Gasteiger partial charge >= 0.3 is 0 Å². The van der Waals surface area contributed by atoms with Gasteiger partial charge in [-0.15, -0.1) is 0 Å². The van der Waals surface area contributed by atoms with Crippen molar-refractivity contribution in [2.75, 3.05) is 36.9 Å². The molecule has 3 N–H and O–H groups in total. The van der Waals surface area contributed by atoms with E-state index >= 15 is 0 Å². The van der Waals surface area contributed by atoms with Gasteiger partial charge in [0.25, 0.3) is 0 Å². The molecule has 0 radical (unpaired) electrons. The number of morpholine rings is 1. The Labute approximate surface area is 197 Å². The zero-order valence-electron chi connectivity index (χ0n) is 18.8. The van der Waals surface area contributed by atoms with Crippen LogP contribution in [0.5, 0.6) is 0 Å². The molecule has 0 saturated carbocycles. The molecule has 1 fully saturated rings. The van der Waals surface area contributed by atoms with E-state index in [2.05, 4.69) is 67.4 Å². The number of aromatic nitrogens is 3. The first-order valence-corrected chi connectivity index (χ1v) is 11.2.